The first-order valence-electron chi connectivity index (χ1n) is 6.97. The Labute approximate surface area is 123 Å². The number of pyridine rings is 1. The van der Waals surface area contributed by atoms with Gasteiger partial charge in [0.25, 0.3) is 0 Å². The number of benzene rings is 1. The number of hydrogen-bond acceptors (Lipinski definition) is 4. The van der Waals surface area contributed by atoms with Crippen LogP contribution in [0.25, 0.3) is 10.9 Å². The molecular weight excluding hydrogens is 266 g/mol. The summed E-state index contributed by atoms with van der Waals surface area (Å²) in [5.41, 5.74) is 3.10. The van der Waals surface area contributed by atoms with Crippen LogP contribution in [-0.4, -0.2) is 21.9 Å². The van der Waals surface area contributed by atoms with Crippen LogP contribution in [0.1, 0.15) is 19.5 Å². The van der Waals surface area contributed by atoms with Crippen molar-refractivity contribution in [2.75, 3.05) is 11.1 Å². The minimum Gasteiger partial charge on any atom is -0.333 e. The Morgan fingerprint density at radius 2 is 2.10 bits per heavy atom. The van der Waals surface area contributed by atoms with Gasteiger partial charge in [0.1, 0.15) is 0 Å². The molecule has 0 bridgehead atoms. The fourth-order valence-corrected chi connectivity index (χ4v) is 3.44. The van der Waals surface area contributed by atoms with Crippen molar-refractivity contribution >= 4 is 33.5 Å². The third-order valence-electron chi connectivity index (χ3n) is 3.54. The van der Waals surface area contributed by atoms with E-state index >= 15 is 0 Å². The number of fused-ring (bicyclic) bond motifs is 1. The lowest BCUT2D eigenvalue weighted by Crippen LogP contribution is -2.12. The lowest BCUT2D eigenvalue weighted by Gasteiger charge is -2.09. The SMILES string of the molecule is Cc1ccc2cccc(NC3=NC(C(C)C)CS3)c2n1. The Bertz CT molecular complexity index is 664. The number of aryl methyl sites for hydroxylation is 1. The minimum atomic E-state index is 0.423. The first-order valence-corrected chi connectivity index (χ1v) is 7.96. The van der Waals surface area contributed by atoms with Crippen molar-refractivity contribution in [1.29, 1.82) is 0 Å². The number of hydrogen-bond donors (Lipinski definition) is 1. The van der Waals surface area contributed by atoms with Gasteiger partial charge in [-0.1, -0.05) is 43.8 Å². The molecule has 3 nitrogen and oxygen atoms in total. The van der Waals surface area contributed by atoms with E-state index in [9.17, 15) is 0 Å². The third kappa shape index (κ3) is 2.66. The quantitative estimate of drug-likeness (QED) is 0.903. The second-order valence-corrected chi connectivity index (χ2v) is 6.52. The zero-order chi connectivity index (χ0) is 14.1. The van der Waals surface area contributed by atoms with Gasteiger partial charge in [0, 0.05) is 16.8 Å². The second-order valence-electron chi connectivity index (χ2n) is 5.51. The Morgan fingerprint density at radius 1 is 1.25 bits per heavy atom. The number of aromatic nitrogens is 1. The highest BCUT2D eigenvalue weighted by Crippen LogP contribution is 2.27. The highest BCUT2D eigenvalue weighted by Gasteiger charge is 2.21. The van der Waals surface area contributed by atoms with Crippen molar-refractivity contribution < 1.29 is 0 Å². The van der Waals surface area contributed by atoms with E-state index in [-0.39, 0.29) is 0 Å². The topological polar surface area (TPSA) is 37.3 Å². The van der Waals surface area contributed by atoms with Crippen LogP contribution in [0, 0.1) is 12.8 Å². The molecule has 20 heavy (non-hydrogen) atoms. The number of rotatable bonds is 2. The monoisotopic (exact) mass is 285 g/mol. The predicted molar refractivity (Wildman–Crippen MR) is 88.6 cm³/mol. The van der Waals surface area contributed by atoms with Crippen molar-refractivity contribution in [3.05, 3.63) is 36.0 Å². The number of anilines is 1. The van der Waals surface area contributed by atoms with E-state index in [0.717, 1.165) is 33.2 Å². The Morgan fingerprint density at radius 3 is 2.85 bits per heavy atom. The van der Waals surface area contributed by atoms with Crippen LogP contribution in [0.5, 0.6) is 0 Å². The van der Waals surface area contributed by atoms with Gasteiger partial charge in [0.2, 0.25) is 0 Å². The smallest absolute Gasteiger partial charge is 0.161 e. The molecule has 1 aromatic heterocycles. The molecule has 1 aromatic carbocycles. The summed E-state index contributed by atoms with van der Waals surface area (Å²) in [5.74, 6) is 1.66. The molecule has 1 unspecified atom stereocenters. The maximum Gasteiger partial charge on any atom is 0.161 e. The van der Waals surface area contributed by atoms with Crippen molar-refractivity contribution in [3.63, 3.8) is 0 Å². The van der Waals surface area contributed by atoms with Gasteiger partial charge in [0.05, 0.1) is 17.2 Å². The van der Waals surface area contributed by atoms with Crippen LogP contribution in [0.2, 0.25) is 0 Å². The average molecular weight is 285 g/mol. The first-order chi connectivity index (χ1) is 9.63. The molecule has 0 fully saturated rings. The molecule has 1 atom stereocenters. The summed E-state index contributed by atoms with van der Waals surface area (Å²) in [5, 5.41) is 5.62. The second kappa shape index (κ2) is 5.44. The minimum absolute atomic E-state index is 0.423. The van der Waals surface area contributed by atoms with E-state index in [1.807, 2.05) is 13.0 Å². The summed E-state index contributed by atoms with van der Waals surface area (Å²) in [6.07, 6.45) is 0. The zero-order valence-corrected chi connectivity index (χ0v) is 12.9. The molecule has 0 aliphatic carbocycles. The number of nitrogens with zero attached hydrogens (tertiary/aromatic N) is 2. The standard InChI is InChI=1S/C16H19N3S/c1-10(2)14-9-20-16(19-14)18-13-6-4-5-12-8-7-11(3)17-15(12)13/h4-8,10,14H,9H2,1-3H3,(H,18,19). The number of amidine groups is 1. The van der Waals surface area contributed by atoms with Crippen LogP contribution >= 0.6 is 11.8 Å². The van der Waals surface area contributed by atoms with Gasteiger partial charge < -0.3 is 5.32 Å². The maximum atomic E-state index is 4.75. The normalized spacial score (nSPS) is 18.6. The first kappa shape index (κ1) is 13.4. The summed E-state index contributed by atoms with van der Waals surface area (Å²) in [6, 6.07) is 10.8. The highest BCUT2D eigenvalue weighted by molar-refractivity contribution is 8.14. The fourth-order valence-electron chi connectivity index (χ4n) is 2.26. The summed E-state index contributed by atoms with van der Waals surface area (Å²) in [4.78, 5) is 9.40. The van der Waals surface area contributed by atoms with Gasteiger partial charge in [0.15, 0.2) is 5.17 Å². The molecular formula is C16H19N3S. The van der Waals surface area contributed by atoms with E-state index in [1.165, 1.54) is 0 Å². The van der Waals surface area contributed by atoms with E-state index in [0.29, 0.717) is 12.0 Å². The highest BCUT2D eigenvalue weighted by atomic mass is 32.2. The zero-order valence-electron chi connectivity index (χ0n) is 12.1. The molecule has 0 spiro atoms. The van der Waals surface area contributed by atoms with Gasteiger partial charge in [-0.3, -0.25) is 9.98 Å². The van der Waals surface area contributed by atoms with Crippen LogP contribution in [0.4, 0.5) is 5.69 Å². The van der Waals surface area contributed by atoms with Gasteiger partial charge in [-0.15, -0.1) is 0 Å². The fraction of sp³-hybridized carbons (Fsp3) is 0.375. The van der Waals surface area contributed by atoms with Gasteiger partial charge in [-0.05, 0) is 25.0 Å². The average Bonchev–Trinajstić information content (AvgIpc) is 2.88. The van der Waals surface area contributed by atoms with Gasteiger partial charge in [-0.2, -0.15) is 0 Å². The molecule has 3 rings (SSSR count). The van der Waals surface area contributed by atoms with E-state index in [2.05, 4.69) is 48.4 Å². The van der Waals surface area contributed by atoms with Crippen molar-refractivity contribution in [2.24, 2.45) is 10.9 Å². The van der Waals surface area contributed by atoms with Crippen LogP contribution in [-0.2, 0) is 0 Å². The van der Waals surface area contributed by atoms with Crippen LogP contribution < -0.4 is 5.32 Å². The van der Waals surface area contributed by atoms with Crippen molar-refractivity contribution in [3.8, 4) is 0 Å². The van der Waals surface area contributed by atoms with Gasteiger partial charge >= 0.3 is 0 Å². The summed E-state index contributed by atoms with van der Waals surface area (Å²) < 4.78 is 0. The molecule has 1 aliphatic rings. The van der Waals surface area contributed by atoms with Crippen molar-refractivity contribution in [2.45, 2.75) is 26.8 Å². The molecule has 0 saturated carbocycles. The summed E-state index contributed by atoms with van der Waals surface area (Å²) in [6.45, 7) is 6.47. The molecule has 2 aromatic rings. The summed E-state index contributed by atoms with van der Waals surface area (Å²) >= 11 is 1.80. The molecule has 0 saturated heterocycles. The van der Waals surface area contributed by atoms with Crippen molar-refractivity contribution in [1.82, 2.24) is 4.98 Å². The summed E-state index contributed by atoms with van der Waals surface area (Å²) in [7, 11) is 0. The molecule has 0 amide bonds. The molecule has 1 aliphatic heterocycles. The molecule has 104 valence electrons. The number of aliphatic imine (C=N–C) groups is 1. The van der Waals surface area contributed by atoms with E-state index in [1.54, 1.807) is 11.8 Å². The predicted octanol–water partition coefficient (Wildman–Crippen LogP) is 4.08. The number of para-hydroxylation sites is 1. The Balaban J connectivity index is 1.92. The Hall–Kier alpha value is -1.55. The largest absolute Gasteiger partial charge is 0.333 e. The maximum absolute atomic E-state index is 4.75. The van der Waals surface area contributed by atoms with Gasteiger partial charge in [-0.25, -0.2) is 0 Å². The number of nitrogens with one attached hydrogen (secondary N) is 1. The molecule has 0 radical (unpaired) electrons. The molecule has 2 heterocycles. The lowest BCUT2D eigenvalue weighted by atomic mass is 10.1. The molecule has 1 N–H and O–H groups in total. The third-order valence-corrected chi connectivity index (χ3v) is 4.53. The molecule has 4 heteroatoms. The lowest BCUT2D eigenvalue weighted by molar-refractivity contribution is 0.543. The van der Waals surface area contributed by atoms with E-state index < -0.39 is 0 Å². The van der Waals surface area contributed by atoms with E-state index in [4.69, 9.17) is 4.99 Å². The Kier molecular flexibility index (Phi) is 3.66. The number of thioether (sulfide) groups is 1. The van der Waals surface area contributed by atoms with Crippen LogP contribution in [0.15, 0.2) is 35.3 Å². The van der Waals surface area contributed by atoms with Crippen LogP contribution in [0.3, 0.4) is 0 Å².